The third kappa shape index (κ3) is 6.44. The molecule has 112 valence electrons. The highest BCUT2D eigenvalue weighted by Gasteiger charge is 2.04. The highest BCUT2D eigenvalue weighted by molar-refractivity contribution is 7.99. The summed E-state index contributed by atoms with van der Waals surface area (Å²) in [5, 5.41) is 3.45. The second-order valence-corrected chi connectivity index (χ2v) is 6.44. The lowest BCUT2D eigenvalue weighted by Gasteiger charge is -2.10. The molecule has 0 unspecified atom stereocenters. The first-order valence-electron chi connectivity index (χ1n) is 7.02. The Hall–Kier alpha value is -1.00. The molecule has 3 nitrogen and oxygen atoms in total. The summed E-state index contributed by atoms with van der Waals surface area (Å²) in [6, 6.07) is 6.51. The van der Waals surface area contributed by atoms with Gasteiger partial charge in [0.05, 0.1) is 13.5 Å². The topological polar surface area (TPSA) is 38.3 Å². The molecule has 1 aromatic rings. The predicted molar refractivity (Wildman–Crippen MR) is 85.1 cm³/mol. The molecular formula is C16H25NO2S. The van der Waals surface area contributed by atoms with Crippen LogP contribution in [0.3, 0.4) is 0 Å². The molecule has 0 heterocycles. The zero-order chi connectivity index (χ0) is 15.0. The van der Waals surface area contributed by atoms with Gasteiger partial charge >= 0.3 is 5.97 Å². The maximum Gasteiger partial charge on any atom is 0.306 e. The molecule has 0 aliphatic heterocycles. The quantitative estimate of drug-likeness (QED) is 0.589. The summed E-state index contributed by atoms with van der Waals surface area (Å²) < 4.78 is 4.64. The Morgan fingerprint density at radius 1 is 1.40 bits per heavy atom. The van der Waals surface area contributed by atoms with Gasteiger partial charge in [-0.1, -0.05) is 26.0 Å². The monoisotopic (exact) mass is 295 g/mol. The van der Waals surface area contributed by atoms with Crippen LogP contribution in [0.25, 0.3) is 0 Å². The molecule has 0 atom stereocenters. The van der Waals surface area contributed by atoms with Crippen molar-refractivity contribution in [2.24, 2.45) is 5.92 Å². The van der Waals surface area contributed by atoms with Gasteiger partial charge < -0.3 is 10.1 Å². The van der Waals surface area contributed by atoms with Gasteiger partial charge in [0.2, 0.25) is 0 Å². The summed E-state index contributed by atoms with van der Waals surface area (Å²) in [5.41, 5.74) is 2.57. The van der Waals surface area contributed by atoms with Gasteiger partial charge in [-0.05, 0) is 36.6 Å². The first-order chi connectivity index (χ1) is 9.52. The van der Waals surface area contributed by atoms with Gasteiger partial charge in [0, 0.05) is 17.2 Å². The predicted octanol–water partition coefficient (Wildman–Crippen LogP) is 3.40. The second-order valence-electron chi connectivity index (χ2n) is 5.30. The number of ether oxygens (including phenoxy) is 1. The molecule has 0 fully saturated rings. The lowest BCUT2D eigenvalue weighted by atomic mass is 10.1. The van der Waals surface area contributed by atoms with E-state index in [-0.39, 0.29) is 5.97 Å². The molecule has 0 aromatic heterocycles. The van der Waals surface area contributed by atoms with Crippen LogP contribution >= 0.6 is 11.8 Å². The van der Waals surface area contributed by atoms with Crippen molar-refractivity contribution in [1.29, 1.82) is 0 Å². The molecule has 0 saturated heterocycles. The highest BCUT2D eigenvalue weighted by atomic mass is 32.2. The Bertz CT molecular complexity index is 432. The number of nitrogens with one attached hydrogen (secondary N) is 1. The normalized spacial score (nSPS) is 10.8. The van der Waals surface area contributed by atoms with Crippen LogP contribution in [-0.2, 0) is 16.1 Å². The van der Waals surface area contributed by atoms with Crippen LogP contribution < -0.4 is 5.32 Å². The van der Waals surface area contributed by atoms with E-state index in [2.05, 4.69) is 49.0 Å². The standard InChI is InChI=1S/C16H25NO2S/c1-12(2)10-17-11-14-5-6-15(13(3)9-14)20-8-7-16(18)19-4/h5-6,9,12,17H,7-8,10-11H2,1-4H3. The largest absolute Gasteiger partial charge is 0.469 e. The third-order valence-corrected chi connectivity index (χ3v) is 4.09. The van der Waals surface area contributed by atoms with Crippen LogP contribution in [0.4, 0.5) is 0 Å². The van der Waals surface area contributed by atoms with Crippen LogP contribution in [0, 0.1) is 12.8 Å². The molecule has 1 aromatic carbocycles. The van der Waals surface area contributed by atoms with Crippen molar-refractivity contribution in [3.05, 3.63) is 29.3 Å². The highest BCUT2D eigenvalue weighted by Crippen LogP contribution is 2.24. The second kappa shape index (κ2) is 9.03. The zero-order valence-electron chi connectivity index (χ0n) is 12.9. The van der Waals surface area contributed by atoms with Crippen molar-refractivity contribution in [3.8, 4) is 0 Å². The van der Waals surface area contributed by atoms with Gasteiger partial charge in [0.25, 0.3) is 0 Å². The fourth-order valence-corrected chi connectivity index (χ4v) is 2.77. The molecule has 1 N–H and O–H groups in total. The number of aryl methyl sites for hydroxylation is 1. The molecule has 0 bridgehead atoms. The number of rotatable bonds is 8. The molecule has 0 aliphatic rings. The summed E-state index contributed by atoms with van der Waals surface area (Å²) in [6.07, 6.45) is 0.457. The van der Waals surface area contributed by atoms with Crippen molar-refractivity contribution in [2.45, 2.75) is 38.6 Å². The summed E-state index contributed by atoms with van der Waals surface area (Å²) in [6.45, 7) is 8.48. The van der Waals surface area contributed by atoms with E-state index < -0.39 is 0 Å². The SMILES string of the molecule is COC(=O)CCSc1ccc(CNCC(C)C)cc1C. The van der Waals surface area contributed by atoms with E-state index in [0.29, 0.717) is 12.3 Å². The van der Waals surface area contributed by atoms with Gasteiger partial charge in [-0.25, -0.2) is 0 Å². The fraction of sp³-hybridized carbons (Fsp3) is 0.562. The number of carbonyl (C=O) groups excluding carboxylic acids is 1. The maximum atomic E-state index is 11.1. The number of carbonyl (C=O) groups is 1. The number of methoxy groups -OCH3 is 1. The summed E-state index contributed by atoms with van der Waals surface area (Å²) in [5.74, 6) is 1.28. The zero-order valence-corrected chi connectivity index (χ0v) is 13.7. The van der Waals surface area contributed by atoms with E-state index in [1.165, 1.54) is 23.1 Å². The van der Waals surface area contributed by atoms with E-state index in [4.69, 9.17) is 0 Å². The maximum absolute atomic E-state index is 11.1. The third-order valence-electron chi connectivity index (χ3n) is 2.91. The van der Waals surface area contributed by atoms with Gasteiger partial charge in [0.1, 0.15) is 0 Å². The Kier molecular flexibility index (Phi) is 7.70. The van der Waals surface area contributed by atoms with E-state index >= 15 is 0 Å². The summed E-state index contributed by atoms with van der Waals surface area (Å²) in [4.78, 5) is 12.3. The van der Waals surface area contributed by atoms with Crippen LogP contribution in [0.2, 0.25) is 0 Å². The van der Waals surface area contributed by atoms with E-state index in [1.54, 1.807) is 11.8 Å². The van der Waals surface area contributed by atoms with Gasteiger partial charge in [-0.15, -0.1) is 11.8 Å². The van der Waals surface area contributed by atoms with Crippen LogP contribution in [0.1, 0.15) is 31.4 Å². The Morgan fingerprint density at radius 2 is 2.15 bits per heavy atom. The number of hydrogen-bond donors (Lipinski definition) is 1. The van der Waals surface area contributed by atoms with Crippen molar-refractivity contribution >= 4 is 17.7 Å². The van der Waals surface area contributed by atoms with Crippen molar-refractivity contribution in [2.75, 3.05) is 19.4 Å². The number of esters is 1. The van der Waals surface area contributed by atoms with E-state index in [9.17, 15) is 4.79 Å². The van der Waals surface area contributed by atoms with Gasteiger partial charge in [-0.2, -0.15) is 0 Å². The summed E-state index contributed by atoms with van der Waals surface area (Å²) >= 11 is 1.71. The van der Waals surface area contributed by atoms with Crippen molar-refractivity contribution in [3.63, 3.8) is 0 Å². The smallest absolute Gasteiger partial charge is 0.306 e. The first-order valence-corrected chi connectivity index (χ1v) is 8.01. The van der Waals surface area contributed by atoms with Crippen LogP contribution in [0.15, 0.2) is 23.1 Å². The molecule has 0 amide bonds. The Morgan fingerprint density at radius 3 is 2.75 bits per heavy atom. The molecule has 20 heavy (non-hydrogen) atoms. The lowest BCUT2D eigenvalue weighted by Crippen LogP contribution is -2.18. The minimum absolute atomic E-state index is 0.148. The van der Waals surface area contributed by atoms with Gasteiger partial charge in [-0.3, -0.25) is 4.79 Å². The van der Waals surface area contributed by atoms with Crippen molar-refractivity contribution in [1.82, 2.24) is 5.32 Å². The van der Waals surface area contributed by atoms with E-state index in [1.807, 2.05) is 0 Å². The molecule has 0 spiro atoms. The molecule has 0 saturated carbocycles. The van der Waals surface area contributed by atoms with Crippen LogP contribution in [-0.4, -0.2) is 25.4 Å². The number of benzene rings is 1. The molecule has 4 heteroatoms. The van der Waals surface area contributed by atoms with Gasteiger partial charge in [0.15, 0.2) is 0 Å². The van der Waals surface area contributed by atoms with E-state index in [0.717, 1.165) is 18.8 Å². The minimum atomic E-state index is -0.148. The lowest BCUT2D eigenvalue weighted by molar-refractivity contribution is -0.140. The molecule has 1 rings (SSSR count). The average Bonchev–Trinajstić information content (AvgIpc) is 2.40. The Balaban J connectivity index is 2.44. The van der Waals surface area contributed by atoms with Crippen molar-refractivity contribution < 1.29 is 9.53 Å². The summed E-state index contributed by atoms with van der Waals surface area (Å²) in [7, 11) is 1.43. The first kappa shape index (κ1) is 17.1. The molecule has 0 radical (unpaired) electrons. The average molecular weight is 295 g/mol. The fourth-order valence-electron chi connectivity index (χ4n) is 1.83. The molecular weight excluding hydrogens is 270 g/mol. The van der Waals surface area contributed by atoms with Crippen LogP contribution in [0.5, 0.6) is 0 Å². The minimum Gasteiger partial charge on any atom is -0.469 e. The number of thioether (sulfide) groups is 1. The molecule has 0 aliphatic carbocycles. The Labute approximate surface area is 126 Å². The number of hydrogen-bond acceptors (Lipinski definition) is 4.